The number of rotatable bonds is 3. The van der Waals surface area contributed by atoms with Gasteiger partial charge in [-0.15, -0.1) is 0 Å². The predicted octanol–water partition coefficient (Wildman–Crippen LogP) is 2.18. The highest BCUT2D eigenvalue weighted by atomic mass is 32.2. The Labute approximate surface area is 141 Å². The summed E-state index contributed by atoms with van der Waals surface area (Å²) in [5, 5.41) is 0. The minimum absolute atomic E-state index is 0.162. The van der Waals surface area contributed by atoms with Crippen LogP contribution in [0.5, 0.6) is 5.75 Å². The quantitative estimate of drug-likeness (QED) is 0.854. The van der Waals surface area contributed by atoms with Crippen molar-refractivity contribution in [3.8, 4) is 5.75 Å². The summed E-state index contributed by atoms with van der Waals surface area (Å²) in [6.45, 7) is 1.49. The van der Waals surface area contributed by atoms with Crippen LogP contribution in [0.25, 0.3) is 0 Å². The van der Waals surface area contributed by atoms with Crippen molar-refractivity contribution in [3.05, 3.63) is 48.0 Å². The Morgan fingerprint density at radius 1 is 1.08 bits per heavy atom. The standard InChI is InChI=1S/C17H18N2O4S/c1-12-10-13(23-3)8-9-16(12)24(21,22)19-11-17(20)18(2)14-6-4-5-7-15(14)19/h4-10H,11H2,1-3H3. The molecule has 1 aliphatic heterocycles. The third kappa shape index (κ3) is 2.50. The number of aryl methyl sites for hydroxylation is 1. The summed E-state index contributed by atoms with van der Waals surface area (Å²) in [5.74, 6) is 0.310. The Morgan fingerprint density at radius 3 is 2.38 bits per heavy atom. The Kier molecular flexibility index (Phi) is 3.96. The van der Waals surface area contributed by atoms with Gasteiger partial charge in [0, 0.05) is 7.05 Å². The number of likely N-dealkylation sites (N-methyl/N-ethyl adjacent to an activating group) is 1. The topological polar surface area (TPSA) is 66.9 Å². The van der Waals surface area contributed by atoms with E-state index in [-0.39, 0.29) is 17.3 Å². The van der Waals surface area contributed by atoms with E-state index >= 15 is 0 Å². The van der Waals surface area contributed by atoms with E-state index in [4.69, 9.17) is 4.74 Å². The first-order valence-electron chi connectivity index (χ1n) is 7.39. The molecule has 0 radical (unpaired) electrons. The second-order valence-corrected chi connectivity index (χ2v) is 7.42. The Bertz CT molecular complexity index is 909. The molecule has 0 spiro atoms. The average molecular weight is 346 g/mol. The van der Waals surface area contributed by atoms with Gasteiger partial charge in [-0.05, 0) is 42.8 Å². The summed E-state index contributed by atoms with van der Waals surface area (Å²) < 4.78 is 32.6. The van der Waals surface area contributed by atoms with E-state index in [1.54, 1.807) is 50.4 Å². The molecule has 0 unspecified atom stereocenters. The normalized spacial score (nSPS) is 14.5. The number of methoxy groups -OCH3 is 1. The lowest BCUT2D eigenvalue weighted by molar-refractivity contribution is -0.117. The molecule has 7 heteroatoms. The van der Waals surface area contributed by atoms with Crippen LogP contribution >= 0.6 is 0 Å². The smallest absolute Gasteiger partial charge is 0.265 e. The fraction of sp³-hybridized carbons (Fsp3) is 0.235. The third-order valence-electron chi connectivity index (χ3n) is 4.11. The van der Waals surface area contributed by atoms with Crippen LogP contribution in [0.15, 0.2) is 47.4 Å². The molecule has 0 fully saturated rings. The zero-order valence-corrected chi connectivity index (χ0v) is 14.5. The average Bonchev–Trinajstić information content (AvgIpc) is 2.57. The highest BCUT2D eigenvalue weighted by Gasteiger charge is 2.35. The highest BCUT2D eigenvalue weighted by Crippen LogP contribution is 2.36. The van der Waals surface area contributed by atoms with Gasteiger partial charge in [-0.1, -0.05) is 12.1 Å². The van der Waals surface area contributed by atoms with E-state index < -0.39 is 10.0 Å². The number of nitrogens with zero attached hydrogens (tertiary/aromatic N) is 2. The minimum Gasteiger partial charge on any atom is -0.497 e. The molecular weight excluding hydrogens is 328 g/mol. The summed E-state index contributed by atoms with van der Waals surface area (Å²) in [6.07, 6.45) is 0. The number of sulfonamides is 1. The monoisotopic (exact) mass is 346 g/mol. The molecule has 6 nitrogen and oxygen atoms in total. The Hall–Kier alpha value is -2.54. The molecule has 0 N–H and O–H groups in total. The second kappa shape index (κ2) is 5.83. The summed E-state index contributed by atoms with van der Waals surface area (Å²) in [5.41, 5.74) is 1.64. The lowest BCUT2D eigenvalue weighted by Gasteiger charge is -2.34. The van der Waals surface area contributed by atoms with Gasteiger partial charge in [0.05, 0.1) is 23.4 Å². The number of carbonyl (C=O) groups is 1. The van der Waals surface area contributed by atoms with E-state index in [1.165, 1.54) is 22.4 Å². The number of fused-ring (bicyclic) bond motifs is 1. The summed E-state index contributed by atoms with van der Waals surface area (Å²) in [4.78, 5) is 13.9. The zero-order chi connectivity index (χ0) is 17.5. The number of hydrogen-bond acceptors (Lipinski definition) is 4. The van der Waals surface area contributed by atoms with Crippen molar-refractivity contribution in [1.82, 2.24) is 0 Å². The molecule has 2 aromatic carbocycles. The van der Waals surface area contributed by atoms with Crippen molar-refractivity contribution in [2.45, 2.75) is 11.8 Å². The highest BCUT2D eigenvalue weighted by molar-refractivity contribution is 7.93. The first kappa shape index (κ1) is 16.3. The van der Waals surface area contributed by atoms with Gasteiger partial charge in [-0.25, -0.2) is 8.42 Å². The van der Waals surface area contributed by atoms with Crippen molar-refractivity contribution in [3.63, 3.8) is 0 Å². The van der Waals surface area contributed by atoms with Gasteiger partial charge < -0.3 is 9.64 Å². The second-order valence-electron chi connectivity index (χ2n) is 5.58. The lowest BCUT2D eigenvalue weighted by atomic mass is 10.2. The lowest BCUT2D eigenvalue weighted by Crippen LogP contribution is -2.46. The first-order chi connectivity index (χ1) is 11.4. The van der Waals surface area contributed by atoms with Gasteiger partial charge in [0.2, 0.25) is 5.91 Å². The largest absolute Gasteiger partial charge is 0.497 e. The molecule has 0 saturated carbocycles. The first-order valence-corrected chi connectivity index (χ1v) is 8.83. The molecule has 0 aliphatic carbocycles. The van der Waals surface area contributed by atoms with Gasteiger partial charge in [0.15, 0.2) is 0 Å². The van der Waals surface area contributed by atoms with E-state index in [2.05, 4.69) is 0 Å². The summed E-state index contributed by atoms with van der Waals surface area (Å²) >= 11 is 0. The molecular formula is C17H18N2O4S. The van der Waals surface area contributed by atoms with Gasteiger partial charge in [0.1, 0.15) is 12.3 Å². The fourth-order valence-electron chi connectivity index (χ4n) is 2.78. The minimum atomic E-state index is -3.86. The molecule has 24 heavy (non-hydrogen) atoms. The zero-order valence-electron chi connectivity index (χ0n) is 13.7. The number of amides is 1. The number of ether oxygens (including phenoxy) is 1. The number of carbonyl (C=O) groups excluding carboxylic acids is 1. The Balaban J connectivity index is 2.14. The summed E-state index contributed by atoms with van der Waals surface area (Å²) in [7, 11) is -0.688. The number of hydrogen-bond donors (Lipinski definition) is 0. The van der Waals surface area contributed by atoms with Gasteiger partial charge >= 0.3 is 0 Å². The van der Waals surface area contributed by atoms with Crippen LogP contribution in [0.4, 0.5) is 11.4 Å². The number of anilines is 2. The SMILES string of the molecule is COc1ccc(S(=O)(=O)N2CC(=O)N(C)c3ccccc32)c(C)c1. The van der Waals surface area contributed by atoms with Crippen LogP contribution in [0, 0.1) is 6.92 Å². The van der Waals surface area contributed by atoms with E-state index in [1.807, 2.05) is 0 Å². The van der Waals surface area contributed by atoms with Crippen molar-refractivity contribution < 1.29 is 17.9 Å². The summed E-state index contributed by atoms with van der Waals surface area (Å²) in [6, 6.07) is 11.7. The number of benzene rings is 2. The maximum absolute atomic E-state index is 13.1. The van der Waals surface area contributed by atoms with Crippen molar-refractivity contribution in [1.29, 1.82) is 0 Å². The number of para-hydroxylation sites is 2. The van der Waals surface area contributed by atoms with Gasteiger partial charge in [-0.3, -0.25) is 9.10 Å². The van der Waals surface area contributed by atoms with Gasteiger partial charge in [0.25, 0.3) is 10.0 Å². The molecule has 1 amide bonds. The molecule has 126 valence electrons. The molecule has 2 aromatic rings. The molecule has 0 saturated heterocycles. The van der Waals surface area contributed by atoms with Crippen LogP contribution in [-0.2, 0) is 14.8 Å². The molecule has 0 atom stereocenters. The van der Waals surface area contributed by atoms with Crippen LogP contribution < -0.4 is 13.9 Å². The molecule has 3 rings (SSSR count). The fourth-order valence-corrected chi connectivity index (χ4v) is 4.42. The van der Waals surface area contributed by atoms with Crippen molar-refractivity contribution >= 4 is 27.3 Å². The van der Waals surface area contributed by atoms with Crippen LogP contribution in [0.3, 0.4) is 0 Å². The van der Waals surface area contributed by atoms with Crippen LogP contribution in [0.2, 0.25) is 0 Å². The molecule has 1 heterocycles. The van der Waals surface area contributed by atoms with E-state index in [9.17, 15) is 13.2 Å². The van der Waals surface area contributed by atoms with E-state index in [0.717, 1.165) is 0 Å². The molecule has 0 bridgehead atoms. The molecule has 0 aromatic heterocycles. The molecule has 1 aliphatic rings. The third-order valence-corrected chi connectivity index (χ3v) is 6.03. The van der Waals surface area contributed by atoms with Crippen LogP contribution in [-0.4, -0.2) is 35.0 Å². The maximum atomic E-state index is 13.1. The van der Waals surface area contributed by atoms with Crippen LogP contribution in [0.1, 0.15) is 5.56 Å². The van der Waals surface area contributed by atoms with E-state index in [0.29, 0.717) is 22.7 Å². The van der Waals surface area contributed by atoms with Gasteiger partial charge in [-0.2, -0.15) is 0 Å². The predicted molar refractivity (Wildman–Crippen MR) is 92.1 cm³/mol. The van der Waals surface area contributed by atoms with Crippen molar-refractivity contribution in [2.75, 3.05) is 29.9 Å². The Morgan fingerprint density at radius 2 is 1.75 bits per heavy atom. The maximum Gasteiger partial charge on any atom is 0.265 e. The van der Waals surface area contributed by atoms with Crippen molar-refractivity contribution in [2.24, 2.45) is 0 Å².